The lowest BCUT2D eigenvalue weighted by Crippen LogP contribution is -2.50. The van der Waals surface area contributed by atoms with Crippen molar-refractivity contribution in [1.82, 2.24) is 13.9 Å². The molecule has 2 aliphatic rings. The van der Waals surface area contributed by atoms with Crippen LogP contribution >= 0.6 is 0 Å². The average Bonchev–Trinajstić information content (AvgIpc) is 2.93. The predicted molar refractivity (Wildman–Crippen MR) is 85.3 cm³/mol. The molecule has 134 valence electrons. The van der Waals surface area contributed by atoms with Crippen LogP contribution < -0.4 is 4.72 Å². The van der Waals surface area contributed by atoms with Gasteiger partial charge in [-0.1, -0.05) is 0 Å². The Morgan fingerprint density at radius 3 is 2.52 bits per heavy atom. The lowest BCUT2D eigenvalue weighted by Gasteiger charge is -2.30. The molecule has 0 aliphatic carbocycles. The van der Waals surface area contributed by atoms with Gasteiger partial charge in [0.25, 0.3) is 10.2 Å². The minimum atomic E-state index is -3.53. The molecule has 1 amide bonds. The van der Waals surface area contributed by atoms with Crippen molar-refractivity contribution in [3.63, 3.8) is 0 Å². The molecular formula is C14H27N3O5S. The summed E-state index contributed by atoms with van der Waals surface area (Å²) in [6.45, 7) is 7.79. The van der Waals surface area contributed by atoms with Gasteiger partial charge in [0.15, 0.2) is 0 Å². The normalized spacial score (nSPS) is 24.0. The predicted octanol–water partition coefficient (Wildman–Crippen LogP) is 0.553. The van der Waals surface area contributed by atoms with Gasteiger partial charge in [-0.3, -0.25) is 0 Å². The zero-order valence-electron chi connectivity index (χ0n) is 14.1. The molecule has 1 atom stereocenters. The third-order valence-electron chi connectivity index (χ3n) is 3.82. The van der Waals surface area contributed by atoms with Gasteiger partial charge >= 0.3 is 6.09 Å². The van der Waals surface area contributed by atoms with Crippen LogP contribution in [0.5, 0.6) is 0 Å². The summed E-state index contributed by atoms with van der Waals surface area (Å²) in [6.07, 6.45) is 1.24. The fourth-order valence-corrected chi connectivity index (χ4v) is 3.90. The monoisotopic (exact) mass is 349 g/mol. The van der Waals surface area contributed by atoms with Gasteiger partial charge in [-0.25, -0.2) is 9.52 Å². The molecule has 0 spiro atoms. The van der Waals surface area contributed by atoms with Crippen molar-refractivity contribution in [3.05, 3.63) is 0 Å². The Balaban J connectivity index is 1.89. The molecular weight excluding hydrogens is 322 g/mol. The lowest BCUT2D eigenvalue weighted by molar-refractivity contribution is 0.0229. The van der Waals surface area contributed by atoms with Crippen LogP contribution in [0.4, 0.5) is 4.79 Å². The maximum Gasteiger partial charge on any atom is 0.410 e. The van der Waals surface area contributed by atoms with Crippen molar-refractivity contribution >= 4 is 16.3 Å². The van der Waals surface area contributed by atoms with Crippen molar-refractivity contribution in [2.24, 2.45) is 0 Å². The van der Waals surface area contributed by atoms with Crippen LogP contribution in [-0.2, 0) is 19.7 Å². The summed E-state index contributed by atoms with van der Waals surface area (Å²) < 4.78 is 39.1. The van der Waals surface area contributed by atoms with Gasteiger partial charge in [0.1, 0.15) is 5.60 Å². The molecule has 0 aromatic rings. The number of amides is 1. The zero-order chi connectivity index (χ0) is 17.1. The molecule has 23 heavy (non-hydrogen) atoms. The molecule has 0 bridgehead atoms. The highest BCUT2D eigenvalue weighted by molar-refractivity contribution is 7.87. The second-order valence-electron chi connectivity index (χ2n) is 6.83. The zero-order valence-corrected chi connectivity index (χ0v) is 14.9. The van der Waals surface area contributed by atoms with Crippen LogP contribution in [0.25, 0.3) is 0 Å². The van der Waals surface area contributed by atoms with E-state index in [1.165, 1.54) is 4.31 Å². The quantitative estimate of drug-likeness (QED) is 0.801. The Kier molecular flexibility index (Phi) is 5.88. The largest absolute Gasteiger partial charge is 0.444 e. The third-order valence-corrected chi connectivity index (χ3v) is 5.39. The Morgan fingerprint density at radius 2 is 1.91 bits per heavy atom. The summed E-state index contributed by atoms with van der Waals surface area (Å²) in [4.78, 5) is 13.8. The molecule has 0 saturated carbocycles. The molecule has 2 rings (SSSR count). The van der Waals surface area contributed by atoms with Crippen molar-refractivity contribution in [2.75, 3.05) is 39.4 Å². The number of morpholine rings is 1. The summed E-state index contributed by atoms with van der Waals surface area (Å²) in [7, 11) is -3.53. The molecule has 2 heterocycles. The van der Waals surface area contributed by atoms with Crippen LogP contribution in [0.15, 0.2) is 0 Å². The van der Waals surface area contributed by atoms with Gasteiger partial charge < -0.3 is 14.4 Å². The topological polar surface area (TPSA) is 88.2 Å². The van der Waals surface area contributed by atoms with Gasteiger partial charge in [0.05, 0.1) is 13.2 Å². The highest BCUT2D eigenvalue weighted by Gasteiger charge is 2.33. The smallest absolute Gasteiger partial charge is 0.410 e. The van der Waals surface area contributed by atoms with Gasteiger partial charge in [-0.05, 0) is 33.6 Å². The van der Waals surface area contributed by atoms with Crippen molar-refractivity contribution < 1.29 is 22.7 Å². The van der Waals surface area contributed by atoms with E-state index in [9.17, 15) is 13.2 Å². The molecule has 0 unspecified atom stereocenters. The fraction of sp³-hybridized carbons (Fsp3) is 0.929. The van der Waals surface area contributed by atoms with E-state index in [0.29, 0.717) is 32.8 Å². The number of likely N-dealkylation sites (tertiary alicyclic amines) is 1. The molecule has 0 aromatic heterocycles. The number of carbonyl (C=O) groups excluding carboxylic acids is 1. The van der Waals surface area contributed by atoms with E-state index >= 15 is 0 Å². The second kappa shape index (κ2) is 7.33. The van der Waals surface area contributed by atoms with Crippen molar-refractivity contribution in [2.45, 2.75) is 45.3 Å². The molecule has 2 saturated heterocycles. The van der Waals surface area contributed by atoms with E-state index < -0.39 is 15.8 Å². The van der Waals surface area contributed by atoms with Gasteiger partial charge in [-0.2, -0.15) is 12.7 Å². The van der Waals surface area contributed by atoms with E-state index in [0.717, 1.165) is 12.8 Å². The number of hydrogen-bond donors (Lipinski definition) is 1. The van der Waals surface area contributed by atoms with E-state index in [2.05, 4.69) is 4.72 Å². The molecule has 8 nitrogen and oxygen atoms in total. The Morgan fingerprint density at radius 1 is 1.26 bits per heavy atom. The highest BCUT2D eigenvalue weighted by Crippen LogP contribution is 2.20. The third kappa shape index (κ3) is 5.30. The maximum atomic E-state index is 12.3. The van der Waals surface area contributed by atoms with Crippen molar-refractivity contribution in [1.29, 1.82) is 0 Å². The summed E-state index contributed by atoms with van der Waals surface area (Å²) in [5.41, 5.74) is -0.558. The number of ether oxygens (including phenoxy) is 2. The molecule has 1 N–H and O–H groups in total. The van der Waals surface area contributed by atoms with Gasteiger partial charge in [0.2, 0.25) is 0 Å². The number of rotatable bonds is 4. The van der Waals surface area contributed by atoms with Crippen LogP contribution in [-0.4, -0.2) is 74.8 Å². The number of nitrogens with one attached hydrogen (secondary N) is 1. The first-order valence-electron chi connectivity index (χ1n) is 8.01. The minimum absolute atomic E-state index is 0.166. The minimum Gasteiger partial charge on any atom is -0.444 e. The van der Waals surface area contributed by atoms with E-state index in [-0.39, 0.29) is 18.7 Å². The highest BCUT2D eigenvalue weighted by atomic mass is 32.2. The first-order valence-corrected chi connectivity index (χ1v) is 9.45. The SMILES string of the molecule is CC(C)(C)OC(=O)N1CCC[C@H]1CNS(=O)(=O)N1CCOCC1. The molecule has 2 fully saturated rings. The van der Waals surface area contributed by atoms with E-state index in [1.807, 2.05) is 20.8 Å². The van der Waals surface area contributed by atoms with E-state index in [4.69, 9.17) is 9.47 Å². The van der Waals surface area contributed by atoms with Crippen molar-refractivity contribution in [3.8, 4) is 0 Å². The summed E-state index contributed by atoms with van der Waals surface area (Å²) in [5.74, 6) is 0. The summed E-state index contributed by atoms with van der Waals surface area (Å²) in [5, 5.41) is 0. The fourth-order valence-electron chi connectivity index (χ4n) is 2.69. The Bertz CT molecular complexity index is 511. The Hall–Kier alpha value is -0.900. The molecule has 9 heteroatoms. The van der Waals surface area contributed by atoms with Crippen LogP contribution in [0.1, 0.15) is 33.6 Å². The number of carbonyl (C=O) groups is 1. The Labute approximate surface area is 138 Å². The number of nitrogens with zero attached hydrogens (tertiary/aromatic N) is 2. The maximum absolute atomic E-state index is 12.3. The van der Waals surface area contributed by atoms with Gasteiger partial charge in [-0.15, -0.1) is 0 Å². The number of hydrogen-bond acceptors (Lipinski definition) is 5. The standard InChI is InChI=1S/C14H27N3O5S/c1-14(2,3)22-13(18)17-6-4-5-12(17)11-15-23(19,20)16-7-9-21-10-8-16/h12,15H,4-11H2,1-3H3/t12-/m0/s1. The first kappa shape index (κ1) is 18.4. The average molecular weight is 349 g/mol. The molecule has 0 aromatic carbocycles. The molecule has 0 radical (unpaired) electrons. The lowest BCUT2D eigenvalue weighted by atomic mass is 10.2. The summed E-state index contributed by atoms with van der Waals surface area (Å²) >= 11 is 0. The van der Waals surface area contributed by atoms with Gasteiger partial charge in [0, 0.05) is 32.2 Å². The second-order valence-corrected chi connectivity index (χ2v) is 8.59. The van der Waals surface area contributed by atoms with Crippen LogP contribution in [0.3, 0.4) is 0 Å². The summed E-state index contributed by atoms with van der Waals surface area (Å²) in [6, 6.07) is -0.166. The van der Waals surface area contributed by atoms with Crippen LogP contribution in [0.2, 0.25) is 0 Å². The van der Waals surface area contributed by atoms with Crippen LogP contribution in [0, 0.1) is 0 Å². The first-order chi connectivity index (χ1) is 10.7. The molecule has 2 aliphatic heterocycles. The van der Waals surface area contributed by atoms with E-state index in [1.54, 1.807) is 4.90 Å².